The number of carbonyl (C=O) groups excluding carboxylic acids is 1. The molecule has 242 valence electrons. The van der Waals surface area contributed by atoms with E-state index in [1.807, 2.05) is 4.90 Å². The Morgan fingerprint density at radius 1 is 1.13 bits per heavy atom. The van der Waals surface area contributed by atoms with Crippen LogP contribution >= 0.6 is 11.3 Å². The predicted octanol–water partition coefficient (Wildman–Crippen LogP) is 6.19. The Bertz CT molecular complexity index is 1510. The maximum atomic E-state index is 13.9. The van der Waals surface area contributed by atoms with E-state index in [0.29, 0.717) is 55.9 Å². The molecule has 2 N–H and O–H groups in total. The maximum Gasteiger partial charge on any atom is 0.419 e. The maximum absolute atomic E-state index is 13.9. The van der Waals surface area contributed by atoms with Gasteiger partial charge in [-0.05, 0) is 62.8 Å². The molecule has 3 aromatic rings. The third-order valence-electron chi connectivity index (χ3n) is 8.32. The molecule has 45 heavy (non-hydrogen) atoms. The van der Waals surface area contributed by atoms with E-state index < -0.39 is 23.6 Å². The molecule has 0 bridgehead atoms. The lowest BCUT2D eigenvalue weighted by Gasteiger charge is -2.30. The zero-order chi connectivity index (χ0) is 32.3. The summed E-state index contributed by atoms with van der Waals surface area (Å²) in [6.45, 7) is 6.78. The van der Waals surface area contributed by atoms with E-state index in [-0.39, 0.29) is 28.1 Å². The molecule has 0 saturated carbocycles. The van der Waals surface area contributed by atoms with Crippen LogP contribution in [0.1, 0.15) is 66.9 Å². The molecule has 0 radical (unpaired) electrons. The number of carboxylic acid groups (broad SMARTS) is 1. The highest BCUT2D eigenvalue weighted by Crippen LogP contribution is 2.41. The van der Waals surface area contributed by atoms with Crippen molar-refractivity contribution in [2.24, 2.45) is 11.8 Å². The number of nitrogens with zero attached hydrogens (tertiary/aromatic N) is 5. The number of aromatic nitrogens is 3. The monoisotopic (exact) mass is 646 g/mol. The van der Waals surface area contributed by atoms with Crippen LogP contribution in [0.5, 0.6) is 5.75 Å². The molecular weight excluding hydrogens is 609 g/mol. The van der Waals surface area contributed by atoms with E-state index in [1.165, 1.54) is 36.9 Å². The summed E-state index contributed by atoms with van der Waals surface area (Å²) in [7, 11) is 1.20. The van der Waals surface area contributed by atoms with Crippen LogP contribution in [0.25, 0.3) is 11.3 Å². The van der Waals surface area contributed by atoms with Gasteiger partial charge in [0.05, 0.1) is 36.7 Å². The fraction of sp³-hybridized carbons (Fsp3) is 0.516. The van der Waals surface area contributed by atoms with E-state index in [4.69, 9.17) is 4.74 Å². The lowest BCUT2D eigenvalue weighted by atomic mass is 9.97. The van der Waals surface area contributed by atoms with Crippen molar-refractivity contribution in [3.63, 3.8) is 0 Å². The van der Waals surface area contributed by atoms with Gasteiger partial charge in [0.1, 0.15) is 17.3 Å². The van der Waals surface area contributed by atoms with E-state index in [0.717, 1.165) is 36.8 Å². The van der Waals surface area contributed by atoms with Crippen molar-refractivity contribution in [1.29, 1.82) is 0 Å². The molecule has 2 aromatic heterocycles. The number of benzene rings is 1. The van der Waals surface area contributed by atoms with E-state index in [2.05, 4.69) is 39.0 Å². The van der Waals surface area contributed by atoms with Crippen LogP contribution < -0.4 is 15.0 Å². The molecule has 1 atom stereocenters. The number of rotatable bonds is 10. The SMILES string of the molecule is COc1ccc(-c2nc(NC(=O)c3cnc(N4CCC(C(=O)O)CC4)cn3)sc2CN2CCCC2CC(C)C)cc1C(F)(F)F. The third-order valence-corrected chi connectivity index (χ3v) is 9.28. The number of amides is 1. The molecule has 5 rings (SSSR count). The minimum atomic E-state index is -4.62. The highest BCUT2D eigenvalue weighted by molar-refractivity contribution is 7.16. The third kappa shape index (κ3) is 7.72. The molecule has 2 aliphatic heterocycles. The lowest BCUT2D eigenvalue weighted by Crippen LogP contribution is -2.36. The van der Waals surface area contributed by atoms with Crippen LogP contribution in [-0.4, -0.2) is 69.6 Å². The first-order valence-corrected chi connectivity index (χ1v) is 15.8. The Morgan fingerprint density at radius 2 is 1.89 bits per heavy atom. The van der Waals surface area contributed by atoms with Gasteiger partial charge in [0.25, 0.3) is 5.91 Å². The van der Waals surface area contributed by atoms with E-state index in [1.54, 1.807) is 6.07 Å². The number of likely N-dealkylation sites (tertiary alicyclic amines) is 1. The van der Waals surface area contributed by atoms with Crippen molar-refractivity contribution in [3.8, 4) is 17.0 Å². The number of carbonyl (C=O) groups is 2. The van der Waals surface area contributed by atoms with Crippen LogP contribution in [0.3, 0.4) is 0 Å². The summed E-state index contributed by atoms with van der Waals surface area (Å²) in [4.78, 5) is 42.7. The highest BCUT2D eigenvalue weighted by Gasteiger charge is 2.35. The van der Waals surface area contributed by atoms with Crippen LogP contribution in [0.15, 0.2) is 30.6 Å². The Balaban J connectivity index is 1.38. The number of nitrogens with one attached hydrogen (secondary N) is 1. The van der Waals surface area contributed by atoms with Crippen LogP contribution in [0, 0.1) is 11.8 Å². The smallest absolute Gasteiger partial charge is 0.419 e. The molecule has 2 saturated heterocycles. The molecule has 4 heterocycles. The zero-order valence-electron chi connectivity index (χ0n) is 25.4. The number of thiazole rings is 1. The summed E-state index contributed by atoms with van der Waals surface area (Å²) in [6.07, 6.45) is 2.33. The van der Waals surface area contributed by atoms with Gasteiger partial charge in [-0.2, -0.15) is 13.2 Å². The number of aliphatic carboxylic acids is 1. The van der Waals surface area contributed by atoms with Crippen LogP contribution in [0.2, 0.25) is 0 Å². The Labute approximate surface area is 263 Å². The number of methoxy groups -OCH3 is 1. The molecular formula is C31H37F3N6O4S. The highest BCUT2D eigenvalue weighted by atomic mass is 32.1. The van der Waals surface area contributed by atoms with Crippen molar-refractivity contribution < 1.29 is 32.6 Å². The Hall–Kier alpha value is -3.78. The average Bonchev–Trinajstić information content (AvgIpc) is 3.62. The first-order chi connectivity index (χ1) is 21.4. The molecule has 2 fully saturated rings. The predicted molar refractivity (Wildman–Crippen MR) is 165 cm³/mol. The number of ether oxygens (including phenoxy) is 1. The van der Waals surface area contributed by atoms with Crippen molar-refractivity contribution >= 4 is 34.2 Å². The summed E-state index contributed by atoms with van der Waals surface area (Å²) >= 11 is 1.24. The molecule has 1 unspecified atom stereocenters. The van der Waals surface area contributed by atoms with Gasteiger partial charge in [-0.25, -0.2) is 15.0 Å². The number of halogens is 3. The molecule has 1 aromatic carbocycles. The molecule has 2 aliphatic rings. The second-order valence-corrected chi connectivity index (χ2v) is 13.0. The first-order valence-electron chi connectivity index (χ1n) is 15.0. The van der Waals surface area contributed by atoms with Crippen LogP contribution in [0.4, 0.5) is 24.1 Å². The second kappa shape index (κ2) is 13.7. The van der Waals surface area contributed by atoms with Crippen molar-refractivity contribution in [3.05, 3.63) is 46.7 Å². The van der Waals surface area contributed by atoms with Gasteiger partial charge in [0.2, 0.25) is 0 Å². The second-order valence-electron chi connectivity index (χ2n) is 11.9. The summed E-state index contributed by atoms with van der Waals surface area (Å²) in [6, 6.07) is 4.25. The topological polar surface area (TPSA) is 121 Å². The van der Waals surface area contributed by atoms with Crippen LogP contribution in [-0.2, 0) is 17.5 Å². The molecule has 0 spiro atoms. The lowest BCUT2D eigenvalue weighted by molar-refractivity contribution is -0.142. The normalized spacial score (nSPS) is 18.0. The summed E-state index contributed by atoms with van der Waals surface area (Å²) in [5.41, 5.74) is -0.179. The van der Waals surface area contributed by atoms with Gasteiger partial charge in [-0.3, -0.25) is 19.8 Å². The summed E-state index contributed by atoms with van der Waals surface area (Å²) in [5.74, 6) is -0.944. The van der Waals surface area contributed by atoms with E-state index >= 15 is 0 Å². The molecule has 1 amide bonds. The average molecular weight is 647 g/mol. The Kier molecular flexibility index (Phi) is 9.92. The fourth-order valence-corrected chi connectivity index (χ4v) is 7.04. The van der Waals surface area contributed by atoms with Gasteiger partial charge in [-0.1, -0.05) is 25.2 Å². The minimum absolute atomic E-state index is 0.0535. The largest absolute Gasteiger partial charge is 0.496 e. The number of alkyl halides is 3. The summed E-state index contributed by atoms with van der Waals surface area (Å²) in [5, 5.41) is 12.2. The van der Waals surface area contributed by atoms with E-state index in [9.17, 15) is 27.9 Å². The standard InChI is InChI=1S/C31H37F3N6O4S/c1-18(2)13-21-5-4-10-40(21)17-25-27(20-6-7-24(44-3)22(14-20)31(32,33)34)37-30(45-25)38-28(41)23-15-36-26(16-35-23)39-11-8-19(9-12-39)29(42)43/h6-7,14-16,18-19,21H,4-5,8-13,17H2,1-3H3,(H,42,43)(H,37,38,41). The number of anilines is 2. The number of hydrogen-bond acceptors (Lipinski definition) is 9. The fourth-order valence-electron chi connectivity index (χ4n) is 6.03. The van der Waals surface area contributed by atoms with Crippen molar-refractivity contribution in [2.45, 2.75) is 64.7 Å². The van der Waals surface area contributed by atoms with Crippen molar-refractivity contribution in [1.82, 2.24) is 19.9 Å². The van der Waals surface area contributed by atoms with Gasteiger partial charge < -0.3 is 14.7 Å². The Morgan fingerprint density at radius 3 is 2.51 bits per heavy atom. The molecule has 10 nitrogen and oxygen atoms in total. The number of carboxylic acids is 1. The van der Waals surface area contributed by atoms with Gasteiger partial charge in [-0.15, -0.1) is 0 Å². The first kappa shape index (κ1) is 32.6. The molecule has 0 aliphatic carbocycles. The number of piperidine rings is 1. The minimum Gasteiger partial charge on any atom is -0.496 e. The number of hydrogen-bond donors (Lipinski definition) is 2. The van der Waals surface area contributed by atoms with Gasteiger partial charge >= 0.3 is 12.1 Å². The molecule has 14 heteroatoms. The quantitative estimate of drug-likeness (QED) is 0.266. The zero-order valence-corrected chi connectivity index (χ0v) is 26.2. The van der Waals surface area contributed by atoms with Gasteiger partial charge in [0.15, 0.2) is 5.13 Å². The summed E-state index contributed by atoms with van der Waals surface area (Å²) < 4.78 is 46.6. The van der Waals surface area contributed by atoms with Crippen molar-refractivity contribution in [2.75, 3.05) is 37.0 Å². The van der Waals surface area contributed by atoms with Gasteiger partial charge in [0, 0.05) is 36.1 Å².